The Kier molecular flexibility index (Phi) is 7.72. The zero-order valence-corrected chi connectivity index (χ0v) is 18.8. The van der Waals surface area contributed by atoms with Crippen LogP contribution in [0.15, 0.2) is 48.5 Å². The Labute approximate surface area is 191 Å². The Bertz CT molecular complexity index is 1030. The van der Waals surface area contributed by atoms with Crippen LogP contribution >= 0.6 is 11.6 Å². The molecule has 0 saturated heterocycles. The maximum absolute atomic E-state index is 12.2. The van der Waals surface area contributed by atoms with Crippen LogP contribution in [-0.4, -0.2) is 41.9 Å². The summed E-state index contributed by atoms with van der Waals surface area (Å²) in [6.07, 6.45) is 0.744. The lowest BCUT2D eigenvalue weighted by molar-refractivity contribution is 0.0505. The highest BCUT2D eigenvalue weighted by atomic mass is 35.5. The van der Waals surface area contributed by atoms with Gasteiger partial charge in [-0.1, -0.05) is 24.6 Å². The fourth-order valence-electron chi connectivity index (χ4n) is 2.92. The molecule has 3 aromatic rings. The first kappa shape index (κ1) is 23.1. The van der Waals surface area contributed by atoms with Crippen molar-refractivity contribution in [2.24, 2.45) is 0 Å². The molecule has 168 valence electrons. The number of hydrogen-bond donors (Lipinski definition) is 1. The number of phenolic OH excluding ortho intramolecular Hbond substituents is 1. The van der Waals surface area contributed by atoms with E-state index in [1.807, 2.05) is 6.92 Å². The number of esters is 1. The highest BCUT2D eigenvalue weighted by molar-refractivity contribution is 6.31. The molecule has 0 aliphatic carbocycles. The van der Waals surface area contributed by atoms with E-state index < -0.39 is 5.97 Å². The summed E-state index contributed by atoms with van der Waals surface area (Å²) in [5.74, 6) is 0.520. The SMILES string of the molecule is CCCOC(=O)c1ccc(N(Cc2c(O)cccc2Cl)c2nc(OC)cc(OC)n2)cc1. The molecule has 1 N–H and O–H groups in total. The minimum atomic E-state index is -0.395. The maximum Gasteiger partial charge on any atom is 0.338 e. The second-order valence-corrected chi connectivity index (χ2v) is 7.17. The summed E-state index contributed by atoms with van der Waals surface area (Å²) in [5.41, 5.74) is 1.57. The highest BCUT2D eigenvalue weighted by Crippen LogP contribution is 2.33. The third-order valence-electron chi connectivity index (χ3n) is 4.59. The van der Waals surface area contributed by atoms with Crippen LogP contribution in [0.4, 0.5) is 11.6 Å². The zero-order chi connectivity index (χ0) is 23.1. The first-order valence-corrected chi connectivity index (χ1v) is 10.3. The van der Waals surface area contributed by atoms with Crippen molar-refractivity contribution in [3.8, 4) is 17.5 Å². The summed E-state index contributed by atoms with van der Waals surface area (Å²) in [4.78, 5) is 22.7. The number of anilines is 2. The van der Waals surface area contributed by atoms with Gasteiger partial charge in [-0.3, -0.25) is 0 Å². The molecule has 1 aromatic heterocycles. The van der Waals surface area contributed by atoms with Crippen molar-refractivity contribution in [1.29, 1.82) is 0 Å². The van der Waals surface area contributed by atoms with E-state index in [1.165, 1.54) is 14.2 Å². The molecule has 0 bridgehead atoms. The van der Waals surface area contributed by atoms with Crippen LogP contribution in [0.1, 0.15) is 29.3 Å². The second-order valence-electron chi connectivity index (χ2n) is 6.76. The first-order chi connectivity index (χ1) is 15.5. The molecule has 0 aliphatic rings. The molecule has 2 aromatic carbocycles. The number of carbonyl (C=O) groups is 1. The van der Waals surface area contributed by atoms with Crippen LogP contribution in [-0.2, 0) is 11.3 Å². The summed E-state index contributed by atoms with van der Waals surface area (Å²) in [5, 5.41) is 10.8. The van der Waals surface area contributed by atoms with Crippen molar-refractivity contribution < 1.29 is 24.1 Å². The van der Waals surface area contributed by atoms with Crippen LogP contribution < -0.4 is 14.4 Å². The predicted molar refractivity (Wildman–Crippen MR) is 121 cm³/mol. The van der Waals surface area contributed by atoms with Gasteiger partial charge in [-0.25, -0.2) is 4.79 Å². The summed E-state index contributed by atoms with van der Waals surface area (Å²) in [6.45, 7) is 2.44. The Morgan fingerprint density at radius 3 is 2.28 bits per heavy atom. The van der Waals surface area contributed by atoms with Gasteiger partial charge in [0, 0.05) is 16.3 Å². The Morgan fingerprint density at radius 1 is 1.06 bits per heavy atom. The quantitative estimate of drug-likeness (QED) is 0.460. The summed E-state index contributed by atoms with van der Waals surface area (Å²) in [7, 11) is 2.99. The molecule has 0 radical (unpaired) electrons. The van der Waals surface area contributed by atoms with Gasteiger partial charge in [0.15, 0.2) is 0 Å². The van der Waals surface area contributed by atoms with Gasteiger partial charge in [-0.05, 0) is 42.8 Å². The number of halogens is 1. The van der Waals surface area contributed by atoms with Gasteiger partial charge in [0.25, 0.3) is 0 Å². The van der Waals surface area contributed by atoms with Crippen LogP contribution in [0, 0.1) is 0 Å². The minimum absolute atomic E-state index is 0.0390. The van der Waals surface area contributed by atoms with E-state index >= 15 is 0 Å². The third kappa shape index (κ3) is 5.39. The number of aromatic hydroxyl groups is 1. The molecule has 0 saturated carbocycles. The standard InChI is InChI=1S/C23H24ClN3O5/c1-4-12-32-22(29)15-8-10-16(11-9-15)27(14-17-18(24)6-5-7-19(17)28)23-25-20(30-2)13-21(26-23)31-3/h5-11,13,28H,4,12,14H2,1-3H3. The van der Waals surface area contributed by atoms with Gasteiger partial charge in [0.1, 0.15) is 5.75 Å². The topological polar surface area (TPSA) is 94.0 Å². The molecule has 0 atom stereocenters. The number of benzene rings is 2. The number of rotatable bonds is 9. The lowest BCUT2D eigenvalue weighted by Crippen LogP contribution is -2.20. The van der Waals surface area contributed by atoms with E-state index in [0.717, 1.165) is 6.42 Å². The average Bonchev–Trinajstić information content (AvgIpc) is 2.82. The van der Waals surface area contributed by atoms with E-state index in [9.17, 15) is 9.90 Å². The second kappa shape index (κ2) is 10.7. The van der Waals surface area contributed by atoms with Gasteiger partial charge < -0.3 is 24.2 Å². The summed E-state index contributed by atoms with van der Waals surface area (Å²) in [6, 6.07) is 13.3. The molecule has 0 spiro atoms. The van der Waals surface area contributed by atoms with Crippen LogP contribution in [0.2, 0.25) is 5.02 Å². The zero-order valence-electron chi connectivity index (χ0n) is 18.0. The first-order valence-electron chi connectivity index (χ1n) is 9.95. The van der Waals surface area contributed by atoms with Crippen molar-refractivity contribution in [2.45, 2.75) is 19.9 Å². The number of phenols is 1. The van der Waals surface area contributed by atoms with Crippen molar-refractivity contribution in [3.63, 3.8) is 0 Å². The third-order valence-corrected chi connectivity index (χ3v) is 4.94. The van der Waals surface area contributed by atoms with E-state index in [-0.39, 0.29) is 18.2 Å². The fourth-order valence-corrected chi connectivity index (χ4v) is 3.15. The van der Waals surface area contributed by atoms with Gasteiger partial charge in [0.2, 0.25) is 17.7 Å². The molecule has 0 amide bonds. The van der Waals surface area contributed by atoms with E-state index in [1.54, 1.807) is 53.4 Å². The lowest BCUT2D eigenvalue weighted by atomic mass is 10.1. The number of nitrogens with zero attached hydrogens (tertiary/aromatic N) is 3. The molecule has 0 aliphatic heterocycles. The monoisotopic (exact) mass is 457 g/mol. The van der Waals surface area contributed by atoms with Gasteiger partial charge in [-0.15, -0.1) is 0 Å². The average molecular weight is 458 g/mol. The summed E-state index contributed by atoms with van der Waals surface area (Å²) >= 11 is 6.34. The van der Waals surface area contributed by atoms with Crippen LogP contribution in [0.25, 0.3) is 0 Å². The molecule has 0 fully saturated rings. The molecule has 32 heavy (non-hydrogen) atoms. The van der Waals surface area contributed by atoms with Gasteiger partial charge in [-0.2, -0.15) is 9.97 Å². The van der Waals surface area contributed by atoms with Crippen LogP contribution in [0.5, 0.6) is 17.5 Å². The Balaban J connectivity index is 2.04. The smallest absolute Gasteiger partial charge is 0.338 e. The summed E-state index contributed by atoms with van der Waals surface area (Å²) < 4.78 is 15.7. The van der Waals surface area contributed by atoms with Crippen LogP contribution in [0.3, 0.4) is 0 Å². The van der Waals surface area contributed by atoms with Crippen molar-refractivity contribution in [1.82, 2.24) is 9.97 Å². The molecule has 9 heteroatoms. The van der Waals surface area contributed by atoms with E-state index in [0.29, 0.717) is 40.2 Å². The molecule has 1 heterocycles. The number of hydrogen-bond acceptors (Lipinski definition) is 8. The molecular formula is C23H24ClN3O5. The number of aromatic nitrogens is 2. The van der Waals surface area contributed by atoms with Gasteiger partial charge >= 0.3 is 5.97 Å². The number of methoxy groups -OCH3 is 2. The normalized spacial score (nSPS) is 10.5. The molecule has 3 rings (SSSR count). The molecular weight excluding hydrogens is 434 g/mol. The minimum Gasteiger partial charge on any atom is -0.508 e. The molecule has 0 unspecified atom stereocenters. The maximum atomic E-state index is 12.2. The molecule has 8 nitrogen and oxygen atoms in total. The largest absolute Gasteiger partial charge is 0.508 e. The lowest BCUT2D eigenvalue weighted by Gasteiger charge is -2.24. The van der Waals surface area contributed by atoms with E-state index in [4.69, 9.17) is 25.8 Å². The number of ether oxygens (including phenoxy) is 3. The Morgan fingerprint density at radius 2 is 1.72 bits per heavy atom. The van der Waals surface area contributed by atoms with Gasteiger partial charge in [0.05, 0.1) is 39.0 Å². The van der Waals surface area contributed by atoms with Crippen molar-refractivity contribution >= 4 is 29.2 Å². The number of carbonyl (C=O) groups excluding carboxylic acids is 1. The predicted octanol–water partition coefficient (Wildman–Crippen LogP) is 4.76. The van der Waals surface area contributed by atoms with E-state index in [2.05, 4.69) is 9.97 Å². The van der Waals surface area contributed by atoms with Crippen molar-refractivity contribution in [2.75, 3.05) is 25.7 Å². The highest BCUT2D eigenvalue weighted by Gasteiger charge is 2.20. The van der Waals surface area contributed by atoms with Crippen molar-refractivity contribution in [3.05, 3.63) is 64.7 Å². The Hall–Kier alpha value is -3.52. The fraction of sp³-hybridized carbons (Fsp3) is 0.261.